The first-order valence-corrected chi connectivity index (χ1v) is 10.2. The Balaban J connectivity index is 1.93. The highest BCUT2D eigenvalue weighted by atomic mass is 32.2. The van der Waals surface area contributed by atoms with Crippen molar-refractivity contribution in [2.75, 3.05) is 0 Å². The van der Waals surface area contributed by atoms with Gasteiger partial charge in [0.05, 0.1) is 5.75 Å². The Morgan fingerprint density at radius 1 is 0.893 bits per heavy atom. The topological polar surface area (TPSA) is 96.0 Å². The van der Waals surface area contributed by atoms with E-state index < -0.39 is 21.1 Å². The zero-order valence-corrected chi connectivity index (χ0v) is 16.4. The summed E-state index contributed by atoms with van der Waals surface area (Å²) in [6.45, 7) is 0. The highest BCUT2D eigenvalue weighted by molar-refractivity contribution is 7.90. The van der Waals surface area contributed by atoms with Crippen LogP contribution in [0.1, 0.15) is 5.56 Å². The van der Waals surface area contributed by atoms with E-state index >= 15 is 0 Å². The van der Waals surface area contributed by atoms with Gasteiger partial charge in [0.1, 0.15) is 0 Å². The van der Waals surface area contributed by atoms with Crippen LogP contribution in [0.2, 0.25) is 0 Å². The van der Waals surface area contributed by atoms with Crippen LogP contribution >= 0.6 is 0 Å². The zero-order chi connectivity index (χ0) is 20.2. The molecule has 0 N–H and O–H groups in total. The predicted octanol–water partition coefficient (Wildman–Crippen LogP) is 1.10. The lowest BCUT2D eigenvalue weighted by atomic mass is 10.1. The fourth-order valence-electron chi connectivity index (χ4n) is 3.46. The molecule has 0 amide bonds. The maximum atomic E-state index is 13.1. The summed E-state index contributed by atoms with van der Waals surface area (Å²) in [4.78, 5) is 28.8. The number of hydrogen-bond acceptors (Lipinski definition) is 5. The second kappa shape index (κ2) is 6.16. The summed E-state index contributed by atoms with van der Waals surface area (Å²) in [6, 6.07) is 13.0. The minimum Gasteiger partial charge on any atom is -0.312 e. The third kappa shape index (κ3) is 2.58. The van der Waals surface area contributed by atoms with Crippen LogP contribution in [0.25, 0.3) is 21.9 Å². The molecular formula is C19H18N4O4S. The smallest absolute Gasteiger partial charge is 0.312 e. The third-order valence-corrected chi connectivity index (χ3v) is 6.55. The lowest BCUT2D eigenvalue weighted by molar-refractivity contribution is 0.580. The number of benzene rings is 2. The lowest BCUT2D eigenvalue weighted by Crippen LogP contribution is -2.37. The summed E-state index contributed by atoms with van der Waals surface area (Å²) in [7, 11) is 0.406. The molecule has 0 aliphatic heterocycles. The Kier molecular flexibility index (Phi) is 4.00. The Labute approximate surface area is 160 Å². The zero-order valence-electron chi connectivity index (χ0n) is 15.6. The van der Waals surface area contributed by atoms with E-state index in [0.717, 1.165) is 15.3 Å². The minimum absolute atomic E-state index is 0.0482. The fraction of sp³-hybridized carbons (Fsp3) is 0.211. The second-order valence-corrected chi connectivity index (χ2v) is 8.61. The van der Waals surface area contributed by atoms with Crippen LogP contribution < -0.4 is 11.2 Å². The monoisotopic (exact) mass is 398 g/mol. The Bertz CT molecular complexity index is 1470. The normalized spacial score (nSPS) is 12.1. The van der Waals surface area contributed by atoms with E-state index in [9.17, 15) is 18.0 Å². The highest BCUT2D eigenvalue weighted by Gasteiger charge is 2.26. The van der Waals surface area contributed by atoms with Crippen molar-refractivity contribution in [2.45, 2.75) is 10.9 Å². The van der Waals surface area contributed by atoms with E-state index in [1.54, 1.807) is 6.07 Å². The van der Waals surface area contributed by atoms with Crippen molar-refractivity contribution < 1.29 is 8.42 Å². The highest BCUT2D eigenvalue weighted by Crippen LogP contribution is 2.24. The van der Waals surface area contributed by atoms with E-state index in [-0.39, 0.29) is 22.1 Å². The van der Waals surface area contributed by atoms with E-state index in [0.29, 0.717) is 5.56 Å². The quantitative estimate of drug-likeness (QED) is 0.515. The van der Waals surface area contributed by atoms with E-state index in [2.05, 4.69) is 4.98 Å². The van der Waals surface area contributed by atoms with Gasteiger partial charge in [0.2, 0.25) is 15.0 Å². The summed E-state index contributed by atoms with van der Waals surface area (Å²) in [5.74, 6) is -0.264. The van der Waals surface area contributed by atoms with Gasteiger partial charge in [-0.15, -0.1) is 0 Å². The van der Waals surface area contributed by atoms with Crippen molar-refractivity contribution in [1.82, 2.24) is 18.7 Å². The van der Waals surface area contributed by atoms with Gasteiger partial charge >= 0.3 is 5.69 Å². The van der Waals surface area contributed by atoms with Crippen molar-refractivity contribution >= 4 is 31.8 Å². The van der Waals surface area contributed by atoms with Crippen LogP contribution in [-0.2, 0) is 36.7 Å². The maximum Gasteiger partial charge on any atom is 0.332 e. The van der Waals surface area contributed by atoms with Crippen molar-refractivity contribution in [3.05, 3.63) is 68.9 Å². The number of sulfone groups is 1. The van der Waals surface area contributed by atoms with Crippen molar-refractivity contribution in [3.63, 3.8) is 0 Å². The molecule has 144 valence electrons. The molecule has 0 saturated heterocycles. The SMILES string of the molecule is Cn1c(=O)c2c(nc(S(=O)(=O)Cc3cccc4ccccc34)n2C)n(C)c1=O. The number of nitrogens with zero attached hydrogens (tertiary/aromatic N) is 4. The van der Waals surface area contributed by atoms with Crippen LogP contribution in [0, 0.1) is 0 Å². The summed E-state index contributed by atoms with van der Waals surface area (Å²) >= 11 is 0. The molecule has 2 heterocycles. The first-order chi connectivity index (χ1) is 13.2. The van der Waals surface area contributed by atoms with Crippen LogP contribution in [0.5, 0.6) is 0 Å². The summed E-state index contributed by atoms with van der Waals surface area (Å²) in [6.07, 6.45) is 0. The molecule has 9 heteroatoms. The van der Waals surface area contributed by atoms with Crippen molar-refractivity contribution in [3.8, 4) is 0 Å². The molecule has 0 saturated carbocycles. The van der Waals surface area contributed by atoms with Gasteiger partial charge in [-0.2, -0.15) is 4.98 Å². The molecule has 0 spiro atoms. The molecular weight excluding hydrogens is 380 g/mol. The average Bonchev–Trinajstić information content (AvgIpc) is 3.03. The van der Waals surface area contributed by atoms with Crippen LogP contribution in [-0.4, -0.2) is 27.1 Å². The van der Waals surface area contributed by atoms with Gasteiger partial charge in [-0.3, -0.25) is 13.9 Å². The molecule has 2 aromatic carbocycles. The number of imidazole rings is 1. The lowest BCUT2D eigenvalue weighted by Gasteiger charge is -2.08. The Hall–Kier alpha value is -3.20. The molecule has 4 rings (SSSR count). The molecule has 2 aromatic heterocycles. The van der Waals surface area contributed by atoms with Crippen molar-refractivity contribution in [1.29, 1.82) is 0 Å². The number of rotatable bonds is 3. The standard InChI is InChI=1S/C19H18N4O4S/c1-21-15-16(22(2)19(25)23(3)17(15)24)20-18(21)28(26,27)11-13-9-6-8-12-7-4-5-10-14(12)13/h4-10H,11H2,1-3H3. The Morgan fingerprint density at radius 2 is 1.57 bits per heavy atom. The molecule has 28 heavy (non-hydrogen) atoms. The molecule has 0 fully saturated rings. The molecule has 0 radical (unpaired) electrons. The fourth-order valence-corrected chi connectivity index (χ4v) is 4.99. The van der Waals surface area contributed by atoms with Gasteiger partial charge in [0.25, 0.3) is 5.56 Å². The molecule has 0 unspecified atom stereocenters. The minimum atomic E-state index is -3.87. The second-order valence-electron chi connectivity index (χ2n) is 6.73. The Morgan fingerprint density at radius 3 is 2.32 bits per heavy atom. The van der Waals surface area contributed by atoms with Gasteiger partial charge in [0.15, 0.2) is 11.2 Å². The van der Waals surface area contributed by atoms with E-state index in [1.807, 2.05) is 36.4 Å². The molecule has 8 nitrogen and oxygen atoms in total. The van der Waals surface area contributed by atoms with Gasteiger partial charge in [-0.1, -0.05) is 42.5 Å². The molecule has 0 aliphatic carbocycles. The van der Waals surface area contributed by atoms with Gasteiger partial charge < -0.3 is 4.57 Å². The molecule has 0 aliphatic rings. The van der Waals surface area contributed by atoms with Gasteiger partial charge in [-0.05, 0) is 16.3 Å². The van der Waals surface area contributed by atoms with E-state index in [4.69, 9.17) is 0 Å². The molecule has 4 aromatic rings. The predicted molar refractivity (Wildman–Crippen MR) is 106 cm³/mol. The van der Waals surface area contributed by atoms with Crippen molar-refractivity contribution in [2.24, 2.45) is 21.1 Å². The van der Waals surface area contributed by atoms with Gasteiger partial charge in [0, 0.05) is 21.1 Å². The first-order valence-electron chi connectivity index (χ1n) is 8.54. The molecule has 0 bridgehead atoms. The number of aromatic nitrogens is 4. The summed E-state index contributed by atoms with van der Waals surface area (Å²) in [5, 5.41) is 1.54. The van der Waals surface area contributed by atoms with Crippen LogP contribution in [0.4, 0.5) is 0 Å². The maximum absolute atomic E-state index is 13.1. The number of hydrogen-bond donors (Lipinski definition) is 0. The van der Waals surface area contributed by atoms with E-state index in [1.165, 1.54) is 30.3 Å². The number of aryl methyl sites for hydroxylation is 2. The van der Waals surface area contributed by atoms with Crippen LogP contribution in [0.3, 0.4) is 0 Å². The average molecular weight is 398 g/mol. The summed E-state index contributed by atoms with van der Waals surface area (Å²) < 4.78 is 29.7. The molecule has 0 atom stereocenters. The number of fused-ring (bicyclic) bond motifs is 2. The van der Waals surface area contributed by atoms with Crippen LogP contribution in [0.15, 0.2) is 57.2 Å². The largest absolute Gasteiger partial charge is 0.332 e. The van der Waals surface area contributed by atoms with Gasteiger partial charge in [-0.25, -0.2) is 13.2 Å². The summed E-state index contributed by atoms with van der Waals surface area (Å²) in [5.41, 5.74) is -0.381. The third-order valence-electron chi connectivity index (χ3n) is 4.94. The first kappa shape index (κ1) is 18.2.